The Kier molecular flexibility index (Phi) is 6.43. The maximum absolute atomic E-state index is 13.0. The Morgan fingerprint density at radius 3 is 2.29 bits per heavy atom. The topological polar surface area (TPSA) is 96.5 Å². The molecule has 4 heterocycles. The summed E-state index contributed by atoms with van der Waals surface area (Å²) in [6.07, 6.45) is 5.37. The van der Waals surface area contributed by atoms with E-state index in [4.69, 9.17) is 14.5 Å². The summed E-state index contributed by atoms with van der Waals surface area (Å²) in [5.41, 5.74) is 2.70. The van der Waals surface area contributed by atoms with Gasteiger partial charge in [0.25, 0.3) is 0 Å². The number of aromatic amines is 1. The van der Waals surface area contributed by atoms with E-state index < -0.39 is 0 Å². The molecule has 4 rings (SSSR count). The molecule has 0 spiro atoms. The minimum atomic E-state index is -0.171. The van der Waals surface area contributed by atoms with Crippen LogP contribution in [0.4, 0.5) is 11.8 Å². The molecule has 2 fully saturated rings. The van der Waals surface area contributed by atoms with Crippen LogP contribution in [0.5, 0.6) is 0 Å². The fourth-order valence-corrected chi connectivity index (χ4v) is 3.72. The molecule has 2 aromatic rings. The Hall–Kier alpha value is -3.04. The molecule has 2 aliphatic rings. The second-order valence-electron chi connectivity index (χ2n) is 7.63. The summed E-state index contributed by atoms with van der Waals surface area (Å²) in [6.45, 7) is 12.8. The average molecular weight is 425 g/mol. The third-order valence-electron chi connectivity index (χ3n) is 5.32. The van der Waals surface area contributed by atoms with Crippen LogP contribution in [-0.4, -0.2) is 78.3 Å². The Morgan fingerprint density at radius 1 is 1.00 bits per heavy atom. The molecule has 2 saturated heterocycles. The van der Waals surface area contributed by atoms with Gasteiger partial charge in [-0.15, -0.1) is 0 Å². The van der Waals surface area contributed by atoms with Gasteiger partial charge in [-0.05, 0) is 13.8 Å². The first kappa shape index (κ1) is 21.2. The number of hydrogen-bond acceptors (Lipinski definition) is 8. The summed E-state index contributed by atoms with van der Waals surface area (Å²) in [6, 6.07) is 0. The van der Waals surface area contributed by atoms with Gasteiger partial charge in [0.05, 0.1) is 26.4 Å². The fraction of sp³-hybridized carbons (Fsp3) is 0.455. The first-order valence-electron chi connectivity index (χ1n) is 10.5. The second kappa shape index (κ2) is 9.40. The summed E-state index contributed by atoms with van der Waals surface area (Å²) < 4.78 is 11.0. The SMILES string of the molecule is C=C/C=C(C)\C=C(/C)C(=O)c1nc2nc(N3CCOCC3)nc(N3CCOCC3)c2[nH]1. The second-order valence-corrected chi connectivity index (χ2v) is 7.63. The Labute approximate surface area is 181 Å². The highest BCUT2D eigenvalue weighted by Crippen LogP contribution is 2.27. The summed E-state index contributed by atoms with van der Waals surface area (Å²) in [4.78, 5) is 34.5. The van der Waals surface area contributed by atoms with Crippen molar-refractivity contribution in [3.8, 4) is 0 Å². The number of hydrogen-bond donors (Lipinski definition) is 1. The zero-order valence-corrected chi connectivity index (χ0v) is 18.1. The summed E-state index contributed by atoms with van der Waals surface area (Å²) in [7, 11) is 0. The van der Waals surface area contributed by atoms with Gasteiger partial charge in [-0.2, -0.15) is 9.97 Å². The summed E-state index contributed by atoms with van der Waals surface area (Å²) >= 11 is 0. The van der Waals surface area contributed by atoms with Crippen LogP contribution in [0, 0.1) is 0 Å². The lowest BCUT2D eigenvalue weighted by Crippen LogP contribution is -2.39. The molecule has 0 bridgehead atoms. The zero-order chi connectivity index (χ0) is 21.8. The Morgan fingerprint density at radius 2 is 1.65 bits per heavy atom. The number of anilines is 2. The number of imidazole rings is 1. The molecule has 0 aliphatic carbocycles. The first-order valence-corrected chi connectivity index (χ1v) is 10.5. The largest absolute Gasteiger partial charge is 0.378 e. The predicted molar refractivity (Wildman–Crippen MR) is 120 cm³/mol. The molecule has 0 unspecified atom stereocenters. The minimum Gasteiger partial charge on any atom is -0.378 e. The van der Waals surface area contributed by atoms with E-state index in [0.717, 1.165) is 37.6 Å². The number of nitrogens with one attached hydrogen (secondary N) is 1. The molecular weight excluding hydrogens is 396 g/mol. The van der Waals surface area contributed by atoms with Gasteiger partial charge < -0.3 is 24.3 Å². The molecule has 2 aromatic heterocycles. The van der Waals surface area contributed by atoms with Crippen molar-refractivity contribution < 1.29 is 14.3 Å². The highest BCUT2D eigenvalue weighted by atomic mass is 16.5. The number of nitrogens with zero attached hydrogens (tertiary/aromatic N) is 5. The molecular formula is C22H28N6O3. The van der Waals surface area contributed by atoms with Crippen molar-refractivity contribution in [3.05, 3.63) is 41.8 Å². The average Bonchev–Trinajstić information content (AvgIpc) is 3.23. The number of rotatable bonds is 6. The normalized spacial score (nSPS) is 18.5. The number of aromatic nitrogens is 4. The van der Waals surface area contributed by atoms with E-state index in [9.17, 15) is 4.79 Å². The van der Waals surface area contributed by atoms with E-state index in [1.54, 1.807) is 13.0 Å². The highest BCUT2D eigenvalue weighted by Gasteiger charge is 2.24. The van der Waals surface area contributed by atoms with E-state index in [1.807, 2.05) is 19.1 Å². The van der Waals surface area contributed by atoms with E-state index in [2.05, 4.69) is 31.3 Å². The molecule has 0 radical (unpaired) electrons. The number of Topliss-reactive ketones (excluding diaryl/α,β-unsaturated/α-hetero) is 1. The number of ether oxygens (including phenoxy) is 2. The van der Waals surface area contributed by atoms with Crippen LogP contribution in [0.1, 0.15) is 24.5 Å². The molecule has 9 heteroatoms. The smallest absolute Gasteiger partial charge is 0.229 e. The van der Waals surface area contributed by atoms with Crippen molar-refractivity contribution >= 4 is 28.7 Å². The van der Waals surface area contributed by atoms with Crippen LogP contribution >= 0.6 is 0 Å². The van der Waals surface area contributed by atoms with Crippen LogP contribution in [0.15, 0.2) is 36.0 Å². The van der Waals surface area contributed by atoms with Gasteiger partial charge in [-0.1, -0.05) is 30.4 Å². The first-order chi connectivity index (χ1) is 15.1. The molecule has 31 heavy (non-hydrogen) atoms. The van der Waals surface area contributed by atoms with Gasteiger partial charge in [-0.25, -0.2) is 4.98 Å². The molecule has 1 N–H and O–H groups in total. The van der Waals surface area contributed by atoms with Gasteiger partial charge >= 0.3 is 0 Å². The van der Waals surface area contributed by atoms with Crippen molar-refractivity contribution in [2.24, 2.45) is 0 Å². The van der Waals surface area contributed by atoms with Gasteiger partial charge in [0.1, 0.15) is 5.52 Å². The van der Waals surface area contributed by atoms with Crippen LogP contribution < -0.4 is 9.80 Å². The lowest BCUT2D eigenvalue weighted by Gasteiger charge is -2.30. The quantitative estimate of drug-likeness (QED) is 0.429. The summed E-state index contributed by atoms with van der Waals surface area (Å²) in [5.74, 6) is 1.46. The van der Waals surface area contributed by atoms with Crippen LogP contribution in [-0.2, 0) is 9.47 Å². The minimum absolute atomic E-state index is 0.171. The maximum atomic E-state index is 13.0. The van der Waals surface area contributed by atoms with E-state index in [1.165, 1.54) is 0 Å². The standard InChI is InChI=1S/C22H28N6O3/c1-4-5-15(2)14-16(3)18(29)20-23-17-19(24-20)25-22(28-8-12-31-13-9-28)26-21(17)27-6-10-30-11-7-27/h4-5,14H,1,6-13H2,2-3H3,(H,23,24,25,26)/b15-5-,16-14+. The van der Waals surface area contributed by atoms with Gasteiger partial charge in [0, 0.05) is 31.8 Å². The molecule has 2 aliphatic heterocycles. The Bertz CT molecular complexity index is 1030. The molecule has 0 saturated carbocycles. The number of H-pyrrole nitrogens is 1. The lowest BCUT2D eigenvalue weighted by molar-refractivity contribution is 0.102. The number of fused-ring (bicyclic) bond motifs is 1. The molecule has 164 valence electrons. The molecule has 0 amide bonds. The van der Waals surface area contributed by atoms with Crippen LogP contribution in [0.2, 0.25) is 0 Å². The summed E-state index contributed by atoms with van der Waals surface area (Å²) in [5, 5.41) is 0. The van der Waals surface area contributed by atoms with Gasteiger partial charge in [0.2, 0.25) is 11.7 Å². The van der Waals surface area contributed by atoms with E-state index >= 15 is 0 Å². The van der Waals surface area contributed by atoms with Gasteiger partial charge in [-0.3, -0.25) is 4.79 Å². The molecule has 0 aromatic carbocycles. The van der Waals surface area contributed by atoms with Crippen molar-refractivity contribution in [2.45, 2.75) is 13.8 Å². The third kappa shape index (κ3) is 4.67. The van der Waals surface area contributed by atoms with Crippen molar-refractivity contribution in [1.82, 2.24) is 19.9 Å². The number of morpholine rings is 2. The van der Waals surface area contributed by atoms with Gasteiger partial charge in [0.15, 0.2) is 17.3 Å². The highest BCUT2D eigenvalue weighted by molar-refractivity contribution is 6.08. The maximum Gasteiger partial charge on any atom is 0.229 e. The molecule has 0 atom stereocenters. The predicted octanol–water partition coefficient (Wildman–Crippen LogP) is 2.29. The number of ketones is 1. The third-order valence-corrected chi connectivity index (χ3v) is 5.32. The number of carbonyl (C=O) groups is 1. The molecule has 9 nitrogen and oxygen atoms in total. The Balaban J connectivity index is 1.74. The number of carbonyl (C=O) groups excluding carboxylic acids is 1. The van der Waals surface area contributed by atoms with Crippen LogP contribution in [0.25, 0.3) is 11.2 Å². The van der Waals surface area contributed by atoms with Crippen LogP contribution in [0.3, 0.4) is 0 Å². The van der Waals surface area contributed by atoms with E-state index in [0.29, 0.717) is 49.1 Å². The zero-order valence-electron chi connectivity index (χ0n) is 18.1. The van der Waals surface area contributed by atoms with Crippen molar-refractivity contribution in [3.63, 3.8) is 0 Å². The lowest BCUT2D eigenvalue weighted by atomic mass is 10.1. The number of allylic oxidation sites excluding steroid dienone is 5. The van der Waals surface area contributed by atoms with Crippen molar-refractivity contribution in [2.75, 3.05) is 62.4 Å². The fourth-order valence-electron chi connectivity index (χ4n) is 3.72. The van der Waals surface area contributed by atoms with E-state index in [-0.39, 0.29) is 11.6 Å². The van der Waals surface area contributed by atoms with Crippen molar-refractivity contribution in [1.29, 1.82) is 0 Å². The monoisotopic (exact) mass is 424 g/mol.